The fraction of sp³-hybridized carbons (Fsp3) is 0.0909. The molecule has 1 aromatic heterocycles. The number of hydrogen-bond acceptors (Lipinski definition) is 4. The van der Waals surface area contributed by atoms with Crippen LogP contribution >= 0.6 is 11.8 Å². The fourth-order valence-corrected chi connectivity index (χ4v) is 1.96. The largest absolute Gasteiger partial charge is 0.372 e. The molecule has 0 radical (unpaired) electrons. The van der Waals surface area contributed by atoms with E-state index in [2.05, 4.69) is 15.3 Å². The van der Waals surface area contributed by atoms with Crippen molar-refractivity contribution >= 4 is 17.6 Å². The highest BCUT2D eigenvalue weighted by atomic mass is 32.2. The van der Waals surface area contributed by atoms with Gasteiger partial charge in [0.05, 0.1) is 12.4 Å². The molecule has 0 spiro atoms. The van der Waals surface area contributed by atoms with Crippen molar-refractivity contribution in [1.82, 2.24) is 9.97 Å². The summed E-state index contributed by atoms with van der Waals surface area (Å²) in [5.74, 6) is -0.605. The molecule has 0 bridgehead atoms. The van der Waals surface area contributed by atoms with E-state index in [4.69, 9.17) is 0 Å². The number of halogens is 2. The molecule has 2 rings (SSSR count). The van der Waals surface area contributed by atoms with E-state index in [1.807, 2.05) is 0 Å². The molecule has 0 atom stereocenters. The molecule has 6 heteroatoms. The molecule has 88 valence electrons. The summed E-state index contributed by atoms with van der Waals surface area (Å²) >= 11 is 1.10. The molecular weight excluding hydrogens is 244 g/mol. The highest BCUT2D eigenvalue weighted by Gasteiger charge is 2.07. The van der Waals surface area contributed by atoms with Gasteiger partial charge in [-0.05, 0) is 12.1 Å². The van der Waals surface area contributed by atoms with E-state index in [-0.39, 0.29) is 0 Å². The SMILES string of the molecule is CNc1cncc(Sc2ccc(F)cc2F)n1. The zero-order chi connectivity index (χ0) is 12.3. The van der Waals surface area contributed by atoms with Gasteiger partial charge in [0, 0.05) is 18.0 Å². The second-order valence-electron chi connectivity index (χ2n) is 3.17. The summed E-state index contributed by atoms with van der Waals surface area (Å²) < 4.78 is 26.1. The first-order valence-electron chi connectivity index (χ1n) is 4.82. The first-order valence-corrected chi connectivity index (χ1v) is 5.63. The molecule has 2 aromatic rings. The van der Waals surface area contributed by atoms with Crippen molar-refractivity contribution in [2.75, 3.05) is 12.4 Å². The molecule has 3 nitrogen and oxygen atoms in total. The van der Waals surface area contributed by atoms with Crippen LogP contribution in [0.15, 0.2) is 40.5 Å². The van der Waals surface area contributed by atoms with Crippen LogP contribution in [-0.2, 0) is 0 Å². The molecule has 0 fully saturated rings. The zero-order valence-corrected chi connectivity index (χ0v) is 9.76. The van der Waals surface area contributed by atoms with E-state index in [0.29, 0.717) is 15.7 Å². The Bertz CT molecular complexity index is 534. The lowest BCUT2D eigenvalue weighted by atomic mass is 10.3. The molecule has 17 heavy (non-hydrogen) atoms. The average Bonchev–Trinajstić information content (AvgIpc) is 2.33. The van der Waals surface area contributed by atoms with Crippen molar-refractivity contribution in [2.45, 2.75) is 9.92 Å². The monoisotopic (exact) mass is 253 g/mol. The van der Waals surface area contributed by atoms with Crippen LogP contribution in [0.2, 0.25) is 0 Å². The van der Waals surface area contributed by atoms with Crippen molar-refractivity contribution in [3.63, 3.8) is 0 Å². The zero-order valence-electron chi connectivity index (χ0n) is 8.95. The number of aromatic nitrogens is 2. The number of anilines is 1. The van der Waals surface area contributed by atoms with Crippen LogP contribution in [0, 0.1) is 11.6 Å². The van der Waals surface area contributed by atoms with Gasteiger partial charge in [-0.25, -0.2) is 13.8 Å². The summed E-state index contributed by atoms with van der Waals surface area (Å²) in [5, 5.41) is 3.38. The van der Waals surface area contributed by atoms with Crippen molar-refractivity contribution in [3.8, 4) is 0 Å². The molecule has 0 saturated heterocycles. The van der Waals surface area contributed by atoms with Crippen LogP contribution in [0.4, 0.5) is 14.6 Å². The number of benzene rings is 1. The first-order chi connectivity index (χ1) is 8.19. The predicted molar refractivity (Wildman–Crippen MR) is 62.1 cm³/mol. The molecule has 0 aliphatic rings. The summed E-state index contributed by atoms with van der Waals surface area (Å²) in [5.41, 5.74) is 0. The molecule has 1 N–H and O–H groups in total. The first kappa shape index (κ1) is 11.8. The van der Waals surface area contributed by atoms with E-state index >= 15 is 0 Å². The lowest BCUT2D eigenvalue weighted by Gasteiger charge is -2.04. The summed E-state index contributed by atoms with van der Waals surface area (Å²) in [6.45, 7) is 0. The number of rotatable bonds is 3. The predicted octanol–water partition coefficient (Wildman–Crippen LogP) is 2.95. The lowest BCUT2D eigenvalue weighted by molar-refractivity contribution is 0.565. The van der Waals surface area contributed by atoms with Gasteiger partial charge in [-0.1, -0.05) is 11.8 Å². The maximum Gasteiger partial charge on any atom is 0.145 e. The van der Waals surface area contributed by atoms with Gasteiger partial charge >= 0.3 is 0 Å². The normalized spacial score (nSPS) is 10.3. The van der Waals surface area contributed by atoms with Gasteiger partial charge in [0.2, 0.25) is 0 Å². The number of nitrogens with one attached hydrogen (secondary N) is 1. The molecular formula is C11H9F2N3S. The Morgan fingerprint density at radius 1 is 1.24 bits per heavy atom. The van der Waals surface area contributed by atoms with E-state index < -0.39 is 11.6 Å². The Labute approximate surface area is 101 Å². The quantitative estimate of drug-likeness (QED) is 0.912. The van der Waals surface area contributed by atoms with Gasteiger partial charge in [0.1, 0.15) is 22.5 Å². The summed E-state index contributed by atoms with van der Waals surface area (Å²) in [4.78, 5) is 8.45. The minimum Gasteiger partial charge on any atom is -0.372 e. The Kier molecular flexibility index (Phi) is 3.53. The van der Waals surface area contributed by atoms with E-state index in [0.717, 1.165) is 17.8 Å². The summed E-state index contributed by atoms with van der Waals surface area (Å²) in [6.07, 6.45) is 3.08. The van der Waals surface area contributed by atoms with Gasteiger partial charge in [-0.3, -0.25) is 4.98 Å². The van der Waals surface area contributed by atoms with Crippen molar-refractivity contribution in [3.05, 3.63) is 42.2 Å². The summed E-state index contributed by atoms with van der Waals surface area (Å²) in [6, 6.07) is 3.43. The third-order valence-electron chi connectivity index (χ3n) is 1.98. The minimum absolute atomic E-state index is 0.314. The molecule has 1 aromatic carbocycles. The summed E-state index contributed by atoms with van der Waals surface area (Å²) in [7, 11) is 1.72. The maximum absolute atomic E-state index is 13.4. The second-order valence-corrected chi connectivity index (χ2v) is 4.23. The third kappa shape index (κ3) is 2.91. The maximum atomic E-state index is 13.4. The fourth-order valence-electron chi connectivity index (χ4n) is 1.19. The van der Waals surface area contributed by atoms with E-state index in [9.17, 15) is 8.78 Å². The van der Waals surface area contributed by atoms with Gasteiger partial charge in [0.25, 0.3) is 0 Å². The standard InChI is InChI=1S/C11H9F2N3S/c1-14-10-5-15-6-11(16-10)17-9-3-2-7(12)4-8(9)13/h2-6H,1H3,(H,14,16). The average molecular weight is 253 g/mol. The molecule has 0 saturated carbocycles. The highest BCUT2D eigenvalue weighted by Crippen LogP contribution is 2.28. The Morgan fingerprint density at radius 2 is 2.06 bits per heavy atom. The third-order valence-corrected chi connectivity index (χ3v) is 2.93. The van der Waals surface area contributed by atoms with Crippen molar-refractivity contribution < 1.29 is 8.78 Å². The van der Waals surface area contributed by atoms with E-state index in [1.165, 1.54) is 18.3 Å². The van der Waals surface area contributed by atoms with Crippen LogP contribution in [0.1, 0.15) is 0 Å². The topological polar surface area (TPSA) is 37.8 Å². The van der Waals surface area contributed by atoms with Crippen LogP contribution < -0.4 is 5.32 Å². The minimum atomic E-state index is -0.605. The molecule has 1 heterocycles. The Hall–Kier alpha value is -1.69. The van der Waals surface area contributed by atoms with Gasteiger partial charge < -0.3 is 5.32 Å². The number of hydrogen-bond donors (Lipinski definition) is 1. The van der Waals surface area contributed by atoms with Gasteiger partial charge in [0.15, 0.2) is 0 Å². The van der Waals surface area contributed by atoms with Crippen LogP contribution in [0.5, 0.6) is 0 Å². The van der Waals surface area contributed by atoms with Crippen molar-refractivity contribution in [1.29, 1.82) is 0 Å². The Balaban J connectivity index is 2.25. The van der Waals surface area contributed by atoms with Gasteiger partial charge in [-0.15, -0.1) is 0 Å². The molecule has 0 unspecified atom stereocenters. The Morgan fingerprint density at radius 3 is 2.76 bits per heavy atom. The number of nitrogens with zero attached hydrogens (tertiary/aromatic N) is 2. The second kappa shape index (κ2) is 5.09. The molecule has 0 aliphatic carbocycles. The van der Waals surface area contributed by atoms with Crippen molar-refractivity contribution in [2.24, 2.45) is 0 Å². The van der Waals surface area contributed by atoms with Crippen LogP contribution in [0.25, 0.3) is 0 Å². The van der Waals surface area contributed by atoms with E-state index in [1.54, 1.807) is 13.2 Å². The van der Waals surface area contributed by atoms with Crippen LogP contribution in [-0.4, -0.2) is 17.0 Å². The highest BCUT2D eigenvalue weighted by molar-refractivity contribution is 7.99. The molecule has 0 aliphatic heterocycles. The smallest absolute Gasteiger partial charge is 0.145 e. The molecule has 0 amide bonds. The van der Waals surface area contributed by atoms with Crippen LogP contribution in [0.3, 0.4) is 0 Å². The van der Waals surface area contributed by atoms with Gasteiger partial charge in [-0.2, -0.15) is 0 Å². The lowest BCUT2D eigenvalue weighted by Crippen LogP contribution is -1.94.